The van der Waals surface area contributed by atoms with Gasteiger partial charge >= 0.3 is 12.0 Å². The Hall–Kier alpha value is -1.26. The van der Waals surface area contributed by atoms with E-state index in [0.717, 1.165) is 25.2 Å². The lowest BCUT2D eigenvalue weighted by molar-refractivity contribution is -0.142. The summed E-state index contributed by atoms with van der Waals surface area (Å²) in [6.07, 6.45) is 6.05. The first-order valence-corrected chi connectivity index (χ1v) is 7.38. The number of hydrogen-bond donors (Lipinski definition) is 2. The Morgan fingerprint density at radius 2 is 2.05 bits per heavy atom. The molecule has 4 atom stereocenters. The molecule has 4 unspecified atom stereocenters. The van der Waals surface area contributed by atoms with Crippen molar-refractivity contribution in [1.82, 2.24) is 10.2 Å². The molecule has 19 heavy (non-hydrogen) atoms. The fraction of sp³-hybridized carbons (Fsp3) is 0.857. The number of carbonyl (C=O) groups excluding carboxylic acids is 1. The highest BCUT2D eigenvalue weighted by Crippen LogP contribution is 2.42. The molecule has 1 aliphatic carbocycles. The standard InChI is InChI=1S/C14H22N2O3/c1-8(6-9-2-3-9)15-14(19)16-10-4-5-12(16)11(7-10)13(17)18/h8-12H,2-7H2,1H3,(H,15,19)(H,17,18). The van der Waals surface area contributed by atoms with E-state index in [4.69, 9.17) is 0 Å². The van der Waals surface area contributed by atoms with Crippen molar-refractivity contribution < 1.29 is 14.7 Å². The van der Waals surface area contributed by atoms with Crippen LogP contribution in [0.4, 0.5) is 4.79 Å². The highest BCUT2D eigenvalue weighted by atomic mass is 16.4. The minimum atomic E-state index is -0.754. The summed E-state index contributed by atoms with van der Waals surface area (Å²) in [6, 6.07) is 0.197. The predicted molar refractivity (Wildman–Crippen MR) is 69.7 cm³/mol. The minimum absolute atomic E-state index is 0.0515. The van der Waals surface area contributed by atoms with Crippen LogP contribution in [0.1, 0.15) is 45.4 Å². The van der Waals surface area contributed by atoms with Crippen LogP contribution < -0.4 is 5.32 Å². The number of fused-ring (bicyclic) bond motifs is 2. The largest absolute Gasteiger partial charge is 0.481 e. The molecule has 1 saturated carbocycles. The normalized spacial score (nSPS) is 34.4. The maximum Gasteiger partial charge on any atom is 0.318 e. The van der Waals surface area contributed by atoms with E-state index in [-0.39, 0.29) is 30.1 Å². The Bertz CT molecular complexity index is 394. The molecule has 5 heteroatoms. The Labute approximate surface area is 113 Å². The van der Waals surface area contributed by atoms with Crippen molar-refractivity contribution >= 4 is 12.0 Å². The topological polar surface area (TPSA) is 69.6 Å². The first-order valence-electron chi connectivity index (χ1n) is 7.38. The van der Waals surface area contributed by atoms with Crippen LogP contribution in [0.15, 0.2) is 0 Å². The number of amides is 2. The molecule has 3 fully saturated rings. The molecule has 0 aromatic carbocycles. The van der Waals surface area contributed by atoms with Crippen molar-refractivity contribution in [3.8, 4) is 0 Å². The minimum Gasteiger partial charge on any atom is -0.481 e. The van der Waals surface area contributed by atoms with Gasteiger partial charge in [-0.2, -0.15) is 0 Å². The number of carbonyl (C=O) groups is 2. The Morgan fingerprint density at radius 3 is 2.63 bits per heavy atom. The quantitative estimate of drug-likeness (QED) is 0.815. The SMILES string of the molecule is CC(CC1CC1)NC(=O)N1C2CCC1C(C(=O)O)C2. The van der Waals surface area contributed by atoms with E-state index in [1.54, 1.807) is 0 Å². The smallest absolute Gasteiger partial charge is 0.318 e. The molecule has 2 amide bonds. The number of carboxylic acid groups (broad SMARTS) is 1. The number of rotatable bonds is 4. The Balaban J connectivity index is 1.59. The van der Waals surface area contributed by atoms with E-state index in [9.17, 15) is 14.7 Å². The van der Waals surface area contributed by atoms with Gasteiger partial charge in [0.2, 0.25) is 0 Å². The molecule has 0 radical (unpaired) electrons. The summed E-state index contributed by atoms with van der Waals surface area (Å²) in [7, 11) is 0. The second-order valence-corrected chi connectivity index (χ2v) is 6.42. The number of nitrogens with zero attached hydrogens (tertiary/aromatic N) is 1. The molecule has 2 heterocycles. The predicted octanol–water partition coefficient (Wildman–Crippen LogP) is 1.82. The van der Waals surface area contributed by atoms with Crippen molar-refractivity contribution in [2.45, 2.75) is 63.6 Å². The highest BCUT2D eigenvalue weighted by Gasteiger charge is 2.51. The van der Waals surface area contributed by atoms with E-state index >= 15 is 0 Å². The molecule has 2 N–H and O–H groups in total. The summed E-state index contributed by atoms with van der Waals surface area (Å²) in [6.45, 7) is 2.04. The third-order valence-electron chi connectivity index (χ3n) is 4.84. The van der Waals surface area contributed by atoms with Gasteiger partial charge < -0.3 is 15.3 Å². The van der Waals surface area contributed by atoms with E-state index in [0.29, 0.717) is 6.42 Å². The van der Waals surface area contributed by atoms with Crippen LogP contribution in [0.5, 0.6) is 0 Å². The number of carboxylic acids is 1. The molecule has 3 rings (SSSR count). The van der Waals surface area contributed by atoms with Gasteiger partial charge in [-0.05, 0) is 38.5 Å². The van der Waals surface area contributed by atoms with Crippen LogP contribution in [0.2, 0.25) is 0 Å². The third-order valence-corrected chi connectivity index (χ3v) is 4.84. The van der Waals surface area contributed by atoms with E-state index in [1.165, 1.54) is 12.8 Å². The molecular formula is C14H22N2O3. The highest BCUT2D eigenvalue weighted by molar-refractivity contribution is 5.79. The molecule has 2 saturated heterocycles. The van der Waals surface area contributed by atoms with Gasteiger partial charge in [-0.25, -0.2) is 4.79 Å². The van der Waals surface area contributed by atoms with Crippen molar-refractivity contribution in [2.24, 2.45) is 11.8 Å². The first-order chi connectivity index (χ1) is 9.06. The molecule has 0 spiro atoms. The number of aliphatic carboxylic acids is 1. The van der Waals surface area contributed by atoms with Gasteiger partial charge in [0.1, 0.15) is 0 Å². The van der Waals surface area contributed by atoms with Gasteiger partial charge in [-0.1, -0.05) is 12.8 Å². The molecule has 2 aliphatic heterocycles. The maximum absolute atomic E-state index is 12.3. The number of urea groups is 1. The van der Waals surface area contributed by atoms with E-state index in [2.05, 4.69) is 5.32 Å². The molecule has 5 nitrogen and oxygen atoms in total. The van der Waals surface area contributed by atoms with E-state index < -0.39 is 5.97 Å². The molecule has 3 aliphatic rings. The lowest BCUT2D eigenvalue weighted by atomic mass is 9.89. The lowest BCUT2D eigenvalue weighted by Crippen LogP contribution is -2.47. The van der Waals surface area contributed by atoms with Crippen molar-refractivity contribution in [3.05, 3.63) is 0 Å². The molecule has 2 bridgehead atoms. The second-order valence-electron chi connectivity index (χ2n) is 6.42. The second kappa shape index (κ2) is 4.69. The van der Waals surface area contributed by atoms with Gasteiger partial charge in [-0.15, -0.1) is 0 Å². The molecule has 106 valence electrons. The summed E-state index contributed by atoms with van der Waals surface area (Å²) in [5.74, 6) is -0.323. The average molecular weight is 266 g/mol. The van der Waals surface area contributed by atoms with Crippen LogP contribution in [-0.2, 0) is 4.79 Å². The van der Waals surface area contributed by atoms with Gasteiger partial charge in [0.25, 0.3) is 0 Å². The van der Waals surface area contributed by atoms with Crippen molar-refractivity contribution in [2.75, 3.05) is 0 Å². The van der Waals surface area contributed by atoms with Crippen molar-refractivity contribution in [3.63, 3.8) is 0 Å². The summed E-state index contributed by atoms with van der Waals surface area (Å²) in [4.78, 5) is 25.3. The summed E-state index contributed by atoms with van der Waals surface area (Å²) in [5, 5.41) is 12.2. The van der Waals surface area contributed by atoms with Gasteiger partial charge in [0.05, 0.1) is 5.92 Å². The fourth-order valence-electron chi connectivity index (χ4n) is 3.77. The van der Waals surface area contributed by atoms with Gasteiger partial charge in [0.15, 0.2) is 0 Å². The van der Waals surface area contributed by atoms with Crippen LogP contribution in [0.3, 0.4) is 0 Å². The molecule has 0 aromatic rings. The van der Waals surface area contributed by atoms with Crippen LogP contribution >= 0.6 is 0 Å². The van der Waals surface area contributed by atoms with E-state index in [1.807, 2.05) is 11.8 Å². The maximum atomic E-state index is 12.3. The summed E-state index contributed by atoms with van der Waals surface area (Å²) < 4.78 is 0. The average Bonchev–Trinajstić information content (AvgIpc) is 2.96. The molecular weight excluding hydrogens is 244 g/mol. The molecule has 0 aromatic heterocycles. The number of nitrogens with one attached hydrogen (secondary N) is 1. The summed E-state index contributed by atoms with van der Waals surface area (Å²) >= 11 is 0. The zero-order chi connectivity index (χ0) is 13.6. The lowest BCUT2D eigenvalue weighted by Gasteiger charge is -2.25. The van der Waals surface area contributed by atoms with Crippen LogP contribution in [0.25, 0.3) is 0 Å². The Morgan fingerprint density at radius 1 is 1.32 bits per heavy atom. The first kappa shape index (κ1) is 12.8. The van der Waals surface area contributed by atoms with Crippen molar-refractivity contribution in [1.29, 1.82) is 0 Å². The zero-order valence-electron chi connectivity index (χ0n) is 11.3. The monoisotopic (exact) mass is 266 g/mol. The third kappa shape index (κ3) is 2.42. The number of hydrogen-bond acceptors (Lipinski definition) is 2. The Kier molecular flexibility index (Phi) is 3.15. The van der Waals surface area contributed by atoms with Crippen LogP contribution in [0, 0.1) is 11.8 Å². The van der Waals surface area contributed by atoms with Gasteiger partial charge in [-0.3, -0.25) is 4.79 Å². The van der Waals surface area contributed by atoms with Crippen LogP contribution in [-0.4, -0.2) is 40.1 Å². The zero-order valence-corrected chi connectivity index (χ0v) is 11.3. The fourth-order valence-corrected chi connectivity index (χ4v) is 3.77. The van der Waals surface area contributed by atoms with Gasteiger partial charge in [0, 0.05) is 18.1 Å². The summed E-state index contributed by atoms with van der Waals surface area (Å²) in [5.41, 5.74) is 0.